The van der Waals surface area contributed by atoms with Gasteiger partial charge in [0.1, 0.15) is 0 Å². The molecule has 116 valence electrons. The Labute approximate surface area is 152 Å². The Balaban J connectivity index is 0.00000192. The summed E-state index contributed by atoms with van der Waals surface area (Å²) in [5.74, 6) is 0. The van der Waals surface area contributed by atoms with E-state index in [1.165, 1.54) is 37.1 Å². The van der Waals surface area contributed by atoms with E-state index in [9.17, 15) is 0 Å². The van der Waals surface area contributed by atoms with E-state index < -0.39 is 0 Å². The topological polar surface area (TPSA) is 17.3 Å². The van der Waals surface area contributed by atoms with Gasteiger partial charge in [0.25, 0.3) is 0 Å². The predicted octanol–water partition coefficient (Wildman–Crippen LogP) is 1.96. The maximum atomic E-state index is 5.14. The van der Waals surface area contributed by atoms with Crippen LogP contribution in [-0.2, 0) is 0 Å². The number of hydrogen-bond donors (Lipinski definition) is 0. The molecule has 2 aromatic carbocycles. The van der Waals surface area contributed by atoms with Crippen LogP contribution in [0.1, 0.15) is 43.0 Å². The van der Waals surface area contributed by atoms with Gasteiger partial charge in [-0.3, -0.25) is 0 Å². The zero-order valence-electron chi connectivity index (χ0n) is 14.4. The first-order chi connectivity index (χ1) is 10.8. The summed E-state index contributed by atoms with van der Waals surface area (Å²) < 4.78 is 0. The van der Waals surface area contributed by atoms with Crippen LogP contribution in [0, 0.1) is 0 Å². The number of benzene rings is 2. The second-order valence-corrected chi connectivity index (χ2v) is 6.17. The molecular formula is C20H25LiN2. The van der Waals surface area contributed by atoms with Crippen LogP contribution in [0.4, 0.5) is 0 Å². The van der Waals surface area contributed by atoms with Crippen LogP contribution in [0.2, 0.25) is 0 Å². The van der Waals surface area contributed by atoms with Crippen LogP contribution >= 0.6 is 0 Å². The molecule has 0 radical (unpaired) electrons. The van der Waals surface area contributed by atoms with Crippen LogP contribution in [0.15, 0.2) is 60.7 Å². The van der Waals surface area contributed by atoms with Crippen molar-refractivity contribution in [1.29, 1.82) is 0 Å². The van der Waals surface area contributed by atoms with Crippen LogP contribution in [0.25, 0.3) is 5.32 Å². The van der Waals surface area contributed by atoms with Gasteiger partial charge in [-0.1, -0.05) is 84.8 Å². The number of likely N-dealkylation sites (tertiary alicyclic amines) is 1. The minimum Gasteiger partial charge on any atom is -0.648 e. The number of rotatable bonds is 6. The van der Waals surface area contributed by atoms with Gasteiger partial charge in [-0.15, -0.1) is 6.04 Å². The minimum atomic E-state index is 0. The van der Waals surface area contributed by atoms with E-state index in [1.54, 1.807) is 0 Å². The van der Waals surface area contributed by atoms with E-state index in [4.69, 9.17) is 5.32 Å². The summed E-state index contributed by atoms with van der Waals surface area (Å²) in [6.45, 7) is 5.69. The molecule has 2 aromatic rings. The molecule has 1 fully saturated rings. The molecule has 0 amide bonds. The van der Waals surface area contributed by atoms with E-state index in [1.807, 2.05) is 0 Å². The SMILES string of the molecule is C[C@@H]([N-][C@@H](CN1CCCC1)c1ccccc1)c1ccccc1.[Li+]. The molecule has 2 nitrogen and oxygen atoms in total. The van der Waals surface area contributed by atoms with Crippen LogP contribution < -0.4 is 18.9 Å². The Hall–Kier alpha value is -1.04. The molecule has 0 N–H and O–H groups in total. The molecule has 1 aliphatic rings. The first-order valence-corrected chi connectivity index (χ1v) is 8.35. The normalized spacial score (nSPS) is 17.4. The summed E-state index contributed by atoms with van der Waals surface area (Å²) in [6.07, 6.45) is 2.66. The Morgan fingerprint density at radius 2 is 1.39 bits per heavy atom. The smallest absolute Gasteiger partial charge is 0.648 e. The standard InChI is InChI=1S/C20H25N2.Li/c1-17(18-10-4-2-5-11-18)21-20(16-22-14-8-9-15-22)19-12-6-3-7-13-19;/h2-7,10-13,17,20H,8-9,14-16H2,1H3;/q-1;+1/t17-,20+;/m1./s1. The molecule has 3 rings (SSSR count). The van der Waals surface area contributed by atoms with Crippen molar-refractivity contribution < 1.29 is 18.9 Å². The molecular weight excluding hydrogens is 275 g/mol. The predicted molar refractivity (Wildman–Crippen MR) is 93.1 cm³/mol. The third-order valence-corrected chi connectivity index (χ3v) is 4.50. The Morgan fingerprint density at radius 1 is 0.870 bits per heavy atom. The molecule has 1 saturated heterocycles. The summed E-state index contributed by atoms with van der Waals surface area (Å²) in [4.78, 5) is 2.55. The fourth-order valence-corrected chi connectivity index (χ4v) is 3.21. The molecule has 0 aromatic heterocycles. The van der Waals surface area contributed by atoms with E-state index in [0.717, 1.165) is 6.54 Å². The second-order valence-electron chi connectivity index (χ2n) is 6.17. The van der Waals surface area contributed by atoms with Crippen molar-refractivity contribution >= 4 is 0 Å². The molecule has 23 heavy (non-hydrogen) atoms. The van der Waals surface area contributed by atoms with E-state index in [0.29, 0.717) is 0 Å². The molecule has 0 unspecified atom stereocenters. The zero-order valence-corrected chi connectivity index (χ0v) is 14.4. The first kappa shape index (κ1) is 18.3. The Kier molecular flexibility index (Phi) is 7.40. The molecule has 0 saturated carbocycles. The Bertz CT molecular complexity index is 552. The largest absolute Gasteiger partial charge is 1.00 e. The van der Waals surface area contributed by atoms with Crippen molar-refractivity contribution in [2.24, 2.45) is 0 Å². The van der Waals surface area contributed by atoms with Crippen LogP contribution in [0.5, 0.6) is 0 Å². The monoisotopic (exact) mass is 300 g/mol. The van der Waals surface area contributed by atoms with Gasteiger partial charge in [-0.25, -0.2) is 0 Å². The number of nitrogens with zero attached hydrogens (tertiary/aromatic N) is 2. The summed E-state index contributed by atoms with van der Waals surface area (Å²) in [5, 5.41) is 5.14. The molecule has 0 bridgehead atoms. The summed E-state index contributed by atoms with van der Waals surface area (Å²) >= 11 is 0. The number of hydrogen-bond acceptors (Lipinski definition) is 1. The van der Waals surface area contributed by atoms with E-state index in [-0.39, 0.29) is 30.9 Å². The van der Waals surface area contributed by atoms with Crippen molar-refractivity contribution in [2.75, 3.05) is 19.6 Å². The van der Waals surface area contributed by atoms with Crippen molar-refractivity contribution in [1.82, 2.24) is 4.90 Å². The third-order valence-electron chi connectivity index (χ3n) is 4.50. The van der Waals surface area contributed by atoms with Crippen molar-refractivity contribution in [3.63, 3.8) is 0 Å². The van der Waals surface area contributed by atoms with Gasteiger partial charge in [0.05, 0.1) is 0 Å². The van der Waals surface area contributed by atoms with Crippen molar-refractivity contribution in [2.45, 2.75) is 31.8 Å². The first-order valence-electron chi connectivity index (χ1n) is 8.35. The third kappa shape index (κ3) is 5.23. The van der Waals surface area contributed by atoms with Crippen molar-refractivity contribution in [3.8, 4) is 0 Å². The average Bonchev–Trinajstić information content (AvgIpc) is 3.09. The Morgan fingerprint density at radius 3 is 1.96 bits per heavy atom. The molecule has 0 aliphatic carbocycles. The second kappa shape index (κ2) is 9.30. The fraction of sp³-hybridized carbons (Fsp3) is 0.400. The van der Waals surface area contributed by atoms with Gasteiger partial charge in [-0.05, 0) is 32.5 Å². The fourth-order valence-electron chi connectivity index (χ4n) is 3.21. The molecule has 2 atom stereocenters. The molecule has 1 aliphatic heterocycles. The van der Waals surface area contributed by atoms with Gasteiger partial charge < -0.3 is 10.2 Å². The minimum absolute atomic E-state index is 0. The maximum absolute atomic E-state index is 5.14. The van der Waals surface area contributed by atoms with Gasteiger partial charge >= 0.3 is 18.9 Å². The summed E-state index contributed by atoms with van der Waals surface area (Å²) in [7, 11) is 0. The molecule has 1 heterocycles. The molecule has 0 spiro atoms. The van der Waals surface area contributed by atoms with E-state index in [2.05, 4.69) is 72.5 Å². The van der Waals surface area contributed by atoms with Gasteiger partial charge in [-0.2, -0.15) is 0 Å². The quantitative estimate of drug-likeness (QED) is 0.746. The van der Waals surface area contributed by atoms with Gasteiger partial charge in [0.2, 0.25) is 0 Å². The van der Waals surface area contributed by atoms with Gasteiger partial charge in [0, 0.05) is 0 Å². The zero-order chi connectivity index (χ0) is 15.2. The molecule has 3 heteroatoms. The van der Waals surface area contributed by atoms with Crippen LogP contribution in [-0.4, -0.2) is 24.5 Å². The van der Waals surface area contributed by atoms with Crippen molar-refractivity contribution in [3.05, 3.63) is 77.1 Å². The van der Waals surface area contributed by atoms with Crippen LogP contribution in [0.3, 0.4) is 0 Å². The summed E-state index contributed by atoms with van der Waals surface area (Å²) in [5.41, 5.74) is 2.63. The van der Waals surface area contributed by atoms with Gasteiger partial charge in [0.15, 0.2) is 0 Å². The maximum Gasteiger partial charge on any atom is 1.00 e. The van der Waals surface area contributed by atoms with E-state index >= 15 is 0 Å². The summed E-state index contributed by atoms with van der Waals surface area (Å²) in [6, 6.07) is 21.8. The average molecular weight is 300 g/mol.